The maximum absolute atomic E-state index is 13.1. The van der Waals surface area contributed by atoms with Crippen LogP contribution >= 0.6 is 11.3 Å². The van der Waals surface area contributed by atoms with Crippen LogP contribution in [0.5, 0.6) is 17.2 Å². The molecule has 8 heteroatoms. The number of allylic oxidation sites excluding steroid dienone is 1. The number of benzene rings is 2. The lowest BCUT2D eigenvalue weighted by molar-refractivity contribution is -0.132. The van der Waals surface area contributed by atoms with Gasteiger partial charge >= 0.3 is 5.97 Å². The number of hydrogen-bond donors (Lipinski definition) is 0. The maximum atomic E-state index is 13.1. The quantitative estimate of drug-likeness (QED) is 0.316. The van der Waals surface area contributed by atoms with Crippen molar-refractivity contribution in [1.82, 2.24) is 4.98 Å². The van der Waals surface area contributed by atoms with Crippen molar-refractivity contribution >= 4 is 29.0 Å². The minimum absolute atomic E-state index is 0.163. The summed E-state index contributed by atoms with van der Waals surface area (Å²) in [5.41, 5.74) is 2.34. The summed E-state index contributed by atoms with van der Waals surface area (Å²) in [5.74, 6) is -0.0925. The van der Waals surface area contributed by atoms with E-state index in [1.807, 2.05) is 0 Å². The van der Waals surface area contributed by atoms with Crippen molar-refractivity contribution in [2.24, 2.45) is 0 Å². The third-order valence-electron chi connectivity index (χ3n) is 4.03. The first-order valence-electron chi connectivity index (χ1n) is 8.73. The molecule has 6 nitrogen and oxygen atoms in total. The highest BCUT2D eigenvalue weighted by Crippen LogP contribution is 2.39. The van der Waals surface area contributed by atoms with Crippen LogP contribution in [0.1, 0.15) is 17.5 Å². The van der Waals surface area contributed by atoms with Crippen molar-refractivity contribution in [2.45, 2.75) is 6.92 Å². The Morgan fingerprint density at radius 1 is 1.17 bits per heavy atom. The average molecular weight is 424 g/mol. The standard InChI is InChI=1S/C22H17FN2O4S/c1-13(26)29-21-19(27-2)9-14(10-20(21)28-3)8-16(11-24)22-25-18(12-30-22)15-4-6-17(23)7-5-15/h4-10,12H,1-3H3/b16-8-. The number of nitrogens with zero attached hydrogens (tertiary/aromatic N) is 2. The molecule has 0 aliphatic carbocycles. The minimum Gasteiger partial charge on any atom is -0.493 e. The Balaban J connectivity index is 1.99. The Labute approximate surface area is 176 Å². The van der Waals surface area contributed by atoms with Gasteiger partial charge in [-0.3, -0.25) is 4.79 Å². The predicted molar refractivity (Wildman–Crippen MR) is 112 cm³/mol. The molecule has 0 radical (unpaired) electrons. The van der Waals surface area contributed by atoms with Crippen LogP contribution in [0.2, 0.25) is 0 Å². The first-order chi connectivity index (χ1) is 14.4. The number of hydrogen-bond acceptors (Lipinski definition) is 7. The molecule has 3 rings (SSSR count). The van der Waals surface area contributed by atoms with Crippen LogP contribution < -0.4 is 14.2 Å². The van der Waals surface area contributed by atoms with Gasteiger partial charge in [0, 0.05) is 17.9 Å². The van der Waals surface area contributed by atoms with Crippen LogP contribution in [-0.2, 0) is 4.79 Å². The summed E-state index contributed by atoms with van der Waals surface area (Å²) in [6, 6.07) is 11.4. The van der Waals surface area contributed by atoms with Gasteiger partial charge in [-0.2, -0.15) is 5.26 Å². The molecule has 0 unspecified atom stereocenters. The van der Waals surface area contributed by atoms with Gasteiger partial charge in [-0.15, -0.1) is 11.3 Å². The molecule has 0 saturated heterocycles. The zero-order valence-electron chi connectivity index (χ0n) is 16.4. The molecule has 2 aromatic carbocycles. The summed E-state index contributed by atoms with van der Waals surface area (Å²) in [6.45, 7) is 1.28. The van der Waals surface area contributed by atoms with Crippen molar-refractivity contribution in [2.75, 3.05) is 14.2 Å². The summed E-state index contributed by atoms with van der Waals surface area (Å²) in [6.07, 6.45) is 1.63. The van der Waals surface area contributed by atoms with Crippen LogP contribution in [0.15, 0.2) is 41.8 Å². The minimum atomic E-state index is -0.510. The summed E-state index contributed by atoms with van der Waals surface area (Å²) in [4.78, 5) is 15.9. The number of ether oxygens (including phenoxy) is 3. The lowest BCUT2D eigenvalue weighted by Crippen LogP contribution is -2.05. The highest BCUT2D eigenvalue weighted by molar-refractivity contribution is 7.11. The van der Waals surface area contributed by atoms with Gasteiger partial charge in [-0.05, 0) is 48.0 Å². The molecule has 0 saturated carbocycles. The van der Waals surface area contributed by atoms with Gasteiger partial charge in [0.05, 0.1) is 25.5 Å². The van der Waals surface area contributed by atoms with Crippen molar-refractivity contribution in [3.8, 4) is 34.6 Å². The van der Waals surface area contributed by atoms with E-state index in [9.17, 15) is 14.4 Å². The largest absolute Gasteiger partial charge is 0.493 e. The van der Waals surface area contributed by atoms with E-state index in [0.29, 0.717) is 33.3 Å². The molecule has 3 aromatic rings. The third kappa shape index (κ3) is 4.64. The molecule has 30 heavy (non-hydrogen) atoms. The Bertz CT molecular complexity index is 1120. The molecule has 1 heterocycles. The predicted octanol–water partition coefficient (Wildman–Crippen LogP) is 4.96. The van der Waals surface area contributed by atoms with E-state index in [0.717, 1.165) is 5.56 Å². The Kier molecular flexibility index (Phi) is 6.45. The monoisotopic (exact) mass is 424 g/mol. The highest BCUT2D eigenvalue weighted by atomic mass is 32.1. The van der Waals surface area contributed by atoms with E-state index < -0.39 is 5.97 Å². The van der Waals surface area contributed by atoms with Gasteiger partial charge in [-0.1, -0.05) is 0 Å². The van der Waals surface area contributed by atoms with Crippen molar-refractivity contribution < 1.29 is 23.4 Å². The van der Waals surface area contributed by atoms with E-state index in [-0.39, 0.29) is 11.6 Å². The number of esters is 1. The second kappa shape index (κ2) is 9.20. The summed E-state index contributed by atoms with van der Waals surface area (Å²) in [7, 11) is 2.88. The van der Waals surface area contributed by atoms with Crippen LogP contribution in [0, 0.1) is 17.1 Å². The molecule has 0 bridgehead atoms. The van der Waals surface area contributed by atoms with E-state index in [1.165, 1.54) is 44.6 Å². The molecule has 1 aromatic heterocycles. The topological polar surface area (TPSA) is 81.4 Å². The zero-order valence-corrected chi connectivity index (χ0v) is 17.2. The zero-order chi connectivity index (χ0) is 21.7. The molecule has 0 spiro atoms. The molecule has 152 valence electrons. The molecule has 0 atom stereocenters. The summed E-state index contributed by atoms with van der Waals surface area (Å²) < 4.78 is 28.9. The first kappa shape index (κ1) is 21.0. The van der Waals surface area contributed by atoms with Crippen LogP contribution in [0.3, 0.4) is 0 Å². The fourth-order valence-corrected chi connectivity index (χ4v) is 3.48. The van der Waals surface area contributed by atoms with Crippen LogP contribution in [0.4, 0.5) is 4.39 Å². The number of carbonyl (C=O) groups is 1. The third-order valence-corrected chi connectivity index (χ3v) is 4.91. The average Bonchev–Trinajstić information content (AvgIpc) is 3.22. The second-order valence-corrected chi connectivity index (χ2v) is 6.92. The van der Waals surface area contributed by atoms with Gasteiger partial charge in [0.15, 0.2) is 11.5 Å². The van der Waals surface area contributed by atoms with Crippen molar-refractivity contribution in [1.29, 1.82) is 5.26 Å². The number of methoxy groups -OCH3 is 2. The Morgan fingerprint density at radius 2 is 1.80 bits per heavy atom. The fraction of sp³-hybridized carbons (Fsp3) is 0.136. The second-order valence-electron chi connectivity index (χ2n) is 6.06. The molecule has 0 aliphatic heterocycles. The molecule has 0 N–H and O–H groups in total. The van der Waals surface area contributed by atoms with Gasteiger partial charge in [0.25, 0.3) is 0 Å². The number of nitriles is 1. The number of carbonyl (C=O) groups excluding carboxylic acids is 1. The molecule has 0 fully saturated rings. The molecule has 0 aliphatic rings. The smallest absolute Gasteiger partial charge is 0.308 e. The number of halogens is 1. The summed E-state index contributed by atoms with van der Waals surface area (Å²) in [5, 5.41) is 12.0. The lowest BCUT2D eigenvalue weighted by Gasteiger charge is -2.13. The first-order valence-corrected chi connectivity index (χ1v) is 9.61. The highest BCUT2D eigenvalue weighted by Gasteiger charge is 2.17. The fourth-order valence-electron chi connectivity index (χ4n) is 2.69. The van der Waals surface area contributed by atoms with E-state index >= 15 is 0 Å². The normalized spacial score (nSPS) is 11.0. The van der Waals surface area contributed by atoms with Crippen LogP contribution in [-0.4, -0.2) is 25.2 Å². The van der Waals surface area contributed by atoms with Crippen molar-refractivity contribution in [3.05, 3.63) is 58.2 Å². The number of rotatable bonds is 6. The maximum Gasteiger partial charge on any atom is 0.308 e. The Morgan fingerprint density at radius 3 is 2.33 bits per heavy atom. The van der Waals surface area contributed by atoms with E-state index in [2.05, 4.69) is 11.1 Å². The molecular weight excluding hydrogens is 407 g/mol. The van der Waals surface area contributed by atoms with Gasteiger partial charge in [-0.25, -0.2) is 9.37 Å². The molecule has 0 amide bonds. The van der Waals surface area contributed by atoms with Crippen molar-refractivity contribution in [3.63, 3.8) is 0 Å². The van der Waals surface area contributed by atoms with E-state index in [4.69, 9.17) is 14.2 Å². The number of aromatic nitrogens is 1. The van der Waals surface area contributed by atoms with Gasteiger partial charge in [0.2, 0.25) is 5.75 Å². The van der Waals surface area contributed by atoms with Gasteiger partial charge < -0.3 is 14.2 Å². The SMILES string of the molecule is COc1cc(/C=C(/C#N)c2nc(-c3ccc(F)cc3)cs2)cc(OC)c1OC(C)=O. The number of thiazole rings is 1. The van der Waals surface area contributed by atoms with Crippen LogP contribution in [0.25, 0.3) is 22.9 Å². The summed E-state index contributed by atoms with van der Waals surface area (Å²) >= 11 is 1.30. The van der Waals surface area contributed by atoms with Gasteiger partial charge in [0.1, 0.15) is 16.9 Å². The molecular formula is C22H17FN2O4S. The van der Waals surface area contributed by atoms with E-state index in [1.54, 1.807) is 35.7 Å². The Hall–Kier alpha value is -3.70. The lowest BCUT2D eigenvalue weighted by atomic mass is 10.1.